The summed E-state index contributed by atoms with van der Waals surface area (Å²) in [5, 5.41) is 13.1. The van der Waals surface area contributed by atoms with Gasteiger partial charge in [-0.05, 0) is 6.07 Å². The van der Waals surface area contributed by atoms with Gasteiger partial charge in [0.25, 0.3) is 11.6 Å². The van der Waals surface area contributed by atoms with Gasteiger partial charge in [0.05, 0.1) is 21.8 Å². The number of ether oxygens (including phenoxy) is 1. The largest absolute Gasteiger partial charge is 0.451 e. The number of carbonyl (C=O) groups excluding carboxylic acids is 2. The molecular formula is C13H9ClN4O5. The predicted octanol–water partition coefficient (Wildman–Crippen LogP) is 1.83. The molecule has 0 saturated heterocycles. The fourth-order valence-corrected chi connectivity index (χ4v) is 1.68. The zero-order chi connectivity index (χ0) is 16.8. The van der Waals surface area contributed by atoms with Gasteiger partial charge in [0.1, 0.15) is 0 Å². The lowest BCUT2D eigenvalue weighted by Gasteiger charge is -2.07. The molecule has 0 bridgehead atoms. The van der Waals surface area contributed by atoms with Crippen molar-refractivity contribution in [3.8, 4) is 0 Å². The van der Waals surface area contributed by atoms with Gasteiger partial charge in [-0.15, -0.1) is 0 Å². The first-order chi connectivity index (χ1) is 11.0. The molecule has 2 aromatic rings. The summed E-state index contributed by atoms with van der Waals surface area (Å²) in [4.78, 5) is 40.8. The van der Waals surface area contributed by atoms with Crippen molar-refractivity contribution in [3.63, 3.8) is 0 Å². The molecule has 0 aliphatic heterocycles. The van der Waals surface area contributed by atoms with Crippen molar-refractivity contribution in [1.29, 1.82) is 0 Å². The van der Waals surface area contributed by atoms with Gasteiger partial charge in [0.15, 0.2) is 12.3 Å². The highest BCUT2D eigenvalue weighted by molar-refractivity contribution is 6.33. The van der Waals surface area contributed by atoms with Crippen molar-refractivity contribution < 1.29 is 19.2 Å². The van der Waals surface area contributed by atoms with E-state index in [9.17, 15) is 19.7 Å². The monoisotopic (exact) mass is 336 g/mol. The minimum Gasteiger partial charge on any atom is -0.451 e. The smallest absolute Gasteiger partial charge is 0.359 e. The molecule has 0 fully saturated rings. The van der Waals surface area contributed by atoms with Gasteiger partial charge in [-0.1, -0.05) is 11.6 Å². The van der Waals surface area contributed by atoms with Crippen LogP contribution >= 0.6 is 11.6 Å². The quantitative estimate of drug-likeness (QED) is 0.501. The third-order valence-corrected chi connectivity index (χ3v) is 2.87. The van der Waals surface area contributed by atoms with Crippen LogP contribution in [0.2, 0.25) is 5.02 Å². The Morgan fingerprint density at radius 3 is 2.78 bits per heavy atom. The summed E-state index contributed by atoms with van der Waals surface area (Å²) in [6, 6.07) is 3.58. The molecule has 1 N–H and O–H groups in total. The second-order valence-electron chi connectivity index (χ2n) is 4.14. The first-order valence-corrected chi connectivity index (χ1v) is 6.52. The lowest BCUT2D eigenvalue weighted by molar-refractivity contribution is -0.384. The van der Waals surface area contributed by atoms with E-state index in [0.717, 1.165) is 6.07 Å². The van der Waals surface area contributed by atoms with Gasteiger partial charge in [0, 0.05) is 24.5 Å². The molecule has 0 atom stereocenters. The number of esters is 1. The standard InChI is InChI=1S/C13H9ClN4O5/c14-9-2-1-8(18(21)22)5-10(9)17-12(19)7-23-13(20)11-6-15-3-4-16-11/h1-6H,7H2,(H,17,19). The van der Waals surface area contributed by atoms with E-state index < -0.39 is 23.4 Å². The van der Waals surface area contributed by atoms with Gasteiger partial charge in [0.2, 0.25) is 0 Å². The number of carbonyl (C=O) groups is 2. The van der Waals surface area contributed by atoms with E-state index in [0.29, 0.717) is 0 Å². The van der Waals surface area contributed by atoms with Crippen molar-refractivity contribution in [1.82, 2.24) is 9.97 Å². The third kappa shape index (κ3) is 4.45. The van der Waals surface area contributed by atoms with Crippen LogP contribution in [-0.4, -0.2) is 33.4 Å². The van der Waals surface area contributed by atoms with Gasteiger partial charge in [-0.3, -0.25) is 19.9 Å². The maximum absolute atomic E-state index is 11.7. The number of nitrogens with one attached hydrogen (secondary N) is 1. The molecule has 10 heteroatoms. The second-order valence-corrected chi connectivity index (χ2v) is 4.54. The van der Waals surface area contributed by atoms with Crippen molar-refractivity contribution in [2.45, 2.75) is 0 Å². The summed E-state index contributed by atoms with van der Waals surface area (Å²) in [6.45, 7) is -0.603. The molecule has 2 rings (SSSR count). The van der Waals surface area contributed by atoms with Crippen molar-refractivity contribution in [2.24, 2.45) is 0 Å². The average molecular weight is 337 g/mol. The van der Waals surface area contributed by atoms with Gasteiger partial charge in [-0.25, -0.2) is 9.78 Å². The SMILES string of the molecule is O=C(COC(=O)c1cnccn1)Nc1cc([N+](=O)[O-])ccc1Cl. The Labute approximate surface area is 134 Å². The highest BCUT2D eigenvalue weighted by atomic mass is 35.5. The number of benzene rings is 1. The van der Waals surface area contributed by atoms with Gasteiger partial charge in [-0.2, -0.15) is 0 Å². The van der Waals surface area contributed by atoms with Crippen LogP contribution in [0, 0.1) is 10.1 Å². The molecule has 1 aromatic heterocycles. The van der Waals surface area contributed by atoms with Crippen LogP contribution in [0.15, 0.2) is 36.8 Å². The number of non-ortho nitro benzene ring substituents is 1. The van der Waals surface area contributed by atoms with E-state index in [2.05, 4.69) is 15.3 Å². The first kappa shape index (κ1) is 16.3. The molecule has 1 amide bonds. The van der Waals surface area contributed by atoms with Crippen LogP contribution in [-0.2, 0) is 9.53 Å². The van der Waals surface area contributed by atoms with Crippen LogP contribution < -0.4 is 5.32 Å². The van der Waals surface area contributed by atoms with Crippen LogP contribution in [0.25, 0.3) is 0 Å². The molecule has 0 saturated carbocycles. The highest BCUT2D eigenvalue weighted by Gasteiger charge is 2.14. The normalized spacial score (nSPS) is 9.96. The summed E-state index contributed by atoms with van der Waals surface area (Å²) >= 11 is 5.84. The van der Waals surface area contributed by atoms with Crippen molar-refractivity contribution in [2.75, 3.05) is 11.9 Å². The number of amides is 1. The first-order valence-electron chi connectivity index (χ1n) is 6.14. The molecule has 0 radical (unpaired) electrons. The van der Waals surface area contributed by atoms with E-state index in [4.69, 9.17) is 16.3 Å². The molecule has 118 valence electrons. The van der Waals surface area contributed by atoms with E-state index in [1.165, 1.54) is 30.7 Å². The predicted molar refractivity (Wildman–Crippen MR) is 79.1 cm³/mol. The molecule has 0 aliphatic rings. The minimum absolute atomic E-state index is 0.0430. The Balaban J connectivity index is 1.96. The van der Waals surface area contributed by atoms with Gasteiger partial charge < -0.3 is 10.1 Å². The van der Waals surface area contributed by atoms with E-state index in [-0.39, 0.29) is 22.1 Å². The van der Waals surface area contributed by atoms with Crippen LogP contribution in [0.5, 0.6) is 0 Å². The maximum Gasteiger partial charge on any atom is 0.359 e. The number of anilines is 1. The summed E-state index contributed by atoms with van der Waals surface area (Å²) in [7, 11) is 0. The van der Waals surface area contributed by atoms with Crippen LogP contribution in [0.4, 0.5) is 11.4 Å². The number of nitro groups is 1. The lowest BCUT2D eigenvalue weighted by Crippen LogP contribution is -2.21. The van der Waals surface area contributed by atoms with Crippen LogP contribution in [0.3, 0.4) is 0 Å². The molecule has 1 aromatic carbocycles. The molecule has 1 heterocycles. The van der Waals surface area contributed by atoms with E-state index in [1.54, 1.807) is 0 Å². The number of nitro benzene ring substituents is 1. The lowest BCUT2D eigenvalue weighted by atomic mass is 10.3. The maximum atomic E-state index is 11.7. The molecule has 9 nitrogen and oxygen atoms in total. The summed E-state index contributed by atoms with van der Waals surface area (Å²) in [5.74, 6) is -1.52. The molecular weight excluding hydrogens is 328 g/mol. The minimum atomic E-state index is -0.821. The fourth-order valence-electron chi connectivity index (χ4n) is 1.52. The van der Waals surface area contributed by atoms with E-state index in [1.807, 2.05) is 0 Å². The van der Waals surface area contributed by atoms with Crippen molar-refractivity contribution >= 4 is 34.9 Å². The third-order valence-electron chi connectivity index (χ3n) is 2.54. The Hall–Kier alpha value is -3.07. The summed E-state index contributed by atoms with van der Waals surface area (Å²) in [5.41, 5.74) is -0.239. The molecule has 0 unspecified atom stereocenters. The number of nitrogens with zero attached hydrogens (tertiary/aromatic N) is 3. The Bertz CT molecular complexity index is 753. The molecule has 23 heavy (non-hydrogen) atoms. The fraction of sp³-hybridized carbons (Fsp3) is 0.0769. The van der Waals surface area contributed by atoms with Crippen LogP contribution in [0.1, 0.15) is 10.5 Å². The highest BCUT2D eigenvalue weighted by Crippen LogP contribution is 2.26. The Kier molecular flexibility index (Phi) is 5.15. The Morgan fingerprint density at radius 1 is 1.35 bits per heavy atom. The number of hydrogen-bond acceptors (Lipinski definition) is 7. The summed E-state index contributed by atoms with van der Waals surface area (Å²) < 4.78 is 4.75. The zero-order valence-electron chi connectivity index (χ0n) is 11.4. The summed E-state index contributed by atoms with van der Waals surface area (Å²) in [6.07, 6.45) is 3.88. The second kappa shape index (κ2) is 7.27. The average Bonchev–Trinajstić information content (AvgIpc) is 2.55. The molecule has 0 spiro atoms. The van der Waals surface area contributed by atoms with Gasteiger partial charge >= 0.3 is 5.97 Å². The zero-order valence-corrected chi connectivity index (χ0v) is 12.2. The number of hydrogen-bond donors (Lipinski definition) is 1. The number of rotatable bonds is 5. The number of halogens is 1. The number of aromatic nitrogens is 2. The van der Waals surface area contributed by atoms with Crippen molar-refractivity contribution in [3.05, 3.63) is 57.6 Å². The topological polar surface area (TPSA) is 124 Å². The Morgan fingerprint density at radius 2 is 2.13 bits per heavy atom. The molecule has 0 aliphatic carbocycles. The van der Waals surface area contributed by atoms with E-state index >= 15 is 0 Å².